The third kappa shape index (κ3) is 15.8. The summed E-state index contributed by atoms with van der Waals surface area (Å²) in [7, 11) is -3.77. The Balaban J connectivity index is 0.000000534. The second-order valence-electron chi connectivity index (χ2n) is 19.4. The molecule has 52 heavy (non-hydrogen) atoms. The van der Waals surface area contributed by atoms with Crippen LogP contribution in [-0.4, -0.2) is 89.1 Å². The molecule has 302 valence electrons. The SMILES string of the molecule is C#CCC(CC[C@@H]1OC(C)(C)O[C@@H]1CO)O[Si](C)(C)C(C)(C)C.C#CCC(CC[C@@H]1OC(C)(C)O[C@@H]1COC(=O)C(C)(C)C)O[Si](C)(C)C(C)(C)C. The van der Waals surface area contributed by atoms with Crippen LogP contribution in [0.3, 0.4) is 0 Å². The van der Waals surface area contributed by atoms with Crippen LogP contribution < -0.4 is 0 Å². The zero-order valence-corrected chi connectivity index (χ0v) is 38.0. The summed E-state index contributed by atoms with van der Waals surface area (Å²) < 4.78 is 42.2. The van der Waals surface area contributed by atoms with Crippen LogP contribution in [0, 0.1) is 30.1 Å². The van der Waals surface area contributed by atoms with Gasteiger partial charge in [0.1, 0.15) is 18.8 Å². The Morgan fingerprint density at radius 1 is 0.692 bits per heavy atom. The van der Waals surface area contributed by atoms with E-state index in [0.29, 0.717) is 12.8 Å². The van der Waals surface area contributed by atoms with Crippen molar-refractivity contribution in [1.29, 1.82) is 0 Å². The lowest BCUT2D eigenvalue weighted by Crippen LogP contribution is -2.44. The van der Waals surface area contributed by atoms with E-state index in [9.17, 15) is 9.90 Å². The summed E-state index contributed by atoms with van der Waals surface area (Å²) >= 11 is 0. The minimum Gasteiger partial charge on any atom is -0.462 e. The van der Waals surface area contributed by atoms with E-state index in [1.807, 2.05) is 48.5 Å². The molecule has 2 rings (SSSR count). The highest BCUT2D eigenvalue weighted by Gasteiger charge is 2.45. The first kappa shape index (κ1) is 48.8. The summed E-state index contributed by atoms with van der Waals surface area (Å²) in [5, 5.41) is 9.75. The molecule has 0 bridgehead atoms. The van der Waals surface area contributed by atoms with Crippen LogP contribution in [0.2, 0.25) is 36.3 Å². The second kappa shape index (κ2) is 19.1. The van der Waals surface area contributed by atoms with Crippen molar-refractivity contribution in [1.82, 2.24) is 0 Å². The predicted octanol–water partition coefficient (Wildman–Crippen LogP) is 8.98. The third-order valence-corrected chi connectivity index (χ3v) is 19.6. The van der Waals surface area contributed by atoms with Crippen LogP contribution in [0.15, 0.2) is 0 Å². The number of ether oxygens (including phenoxy) is 5. The first-order valence-electron chi connectivity index (χ1n) is 19.1. The summed E-state index contributed by atoms with van der Waals surface area (Å²) in [6.45, 7) is 35.5. The fourth-order valence-corrected chi connectivity index (χ4v) is 8.31. The average molecular weight is 769 g/mol. The summed E-state index contributed by atoms with van der Waals surface area (Å²) in [5.74, 6) is 3.91. The van der Waals surface area contributed by atoms with Gasteiger partial charge in [0.2, 0.25) is 0 Å². The van der Waals surface area contributed by atoms with Gasteiger partial charge in [-0.05, 0) is 110 Å². The van der Waals surface area contributed by atoms with Gasteiger partial charge in [-0.1, -0.05) is 41.5 Å². The Morgan fingerprint density at radius 2 is 1.04 bits per heavy atom. The molecule has 2 heterocycles. The van der Waals surface area contributed by atoms with Crippen molar-refractivity contribution in [3.63, 3.8) is 0 Å². The molecule has 0 saturated carbocycles. The Kier molecular flexibility index (Phi) is 17.9. The molecule has 2 fully saturated rings. The number of hydrogen-bond donors (Lipinski definition) is 1. The Labute approximate surface area is 320 Å². The second-order valence-corrected chi connectivity index (χ2v) is 28.9. The van der Waals surface area contributed by atoms with Crippen LogP contribution in [0.25, 0.3) is 0 Å². The standard InChI is InChI=1S/C23H42O5Si.C18H34O4Si/c1-12-13-17(28-29(10,11)22(5,6)7)14-15-18-19(27-23(8,9)26-18)16-25-20(24)21(2,3)4;1-9-10-14(22-23(7,8)17(2,3)4)11-12-15-16(13-19)21-18(5,6)20-15/h1,17-19H,13-16H2,2-11H3;1,14-16,19H,10-13H2,2-8H3/t17?,18-,19+;14?,15-,16+/m00/s1. The fraction of sp³-hybridized carbons (Fsp3) is 0.878. The molecular weight excluding hydrogens is 693 g/mol. The molecule has 2 saturated heterocycles. The number of terminal acetylenes is 2. The Morgan fingerprint density at radius 3 is 1.37 bits per heavy atom. The highest BCUT2D eigenvalue weighted by atomic mass is 28.4. The topological polar surface area (TPSA) is 102 Å². The maximum Gasteiger partial charge on any atom is 0.311 e. The maximum absolute atomic E-state index is 12.1. The molecule has 6 atom stereocenters. The Hall–Kier alpha value is -1.26. The van der Waals surface area contributed by atoms with Crippen LogP contribution >= 0.6 is 0 Å². The quantitative estimate of drug-likeness (QED) is 0.0994. The number of esters is 1. The van der Waals surface area contributed by atoms with Crippen LogP contribution in [0.5, 0.6) is 0 Å². The molecule has 0 aromatic heterocycles. The molecule has 2 unspecified atom stereocenters. The summed E-state index contributed by atoms with van der Waals surface area (Å²) in [5.41, 5.74) is -0.542. The van der Waals surface area contributed by atoms with Crippen molar-refractivity contribution in [2.45, 2.75) is 213 Å². The van der Waals surface area contributed by atoms with E-state index in [2.05, 4.69) is 79.6 Å². The van der Waals surface area contributed by atoms with Crippen molar-refractivity contribution < 1.29 is 42.4 Å². The largest absolute Gasteiger partial charge is 0.462 e. The predicted molar refractivity (Wildman–Crippen MR) is 215 cm³/mol. The molecule has 0 amide bonds. The van der Waals surface area contributed by atoms with Gasteiger partial charge in [0.15, 0.2) is 28.2 Å². The van der Waals surface area contributed by atoms with Gasteiger partial charge < -0.3 is 37.6 Å². The van der Waals surface area contributed by atoms with Crippen molar-refractivity contribution in [3.8, 4) is 24.7 Å². The molecule has 1 N–H and O–H groups in total. The molecule has 0 spiro atoms. The van der Waals surface area contributed by atoms with Gasteiger partial charge in [0.25, 0.3) is 0 Å². The fourth-order valence-electron chi connectivity index (χ4n) is 5.53. The lowest BCUT2D eigenvalue weighted by molar-refractivity contribution is -0.165. The normalized spacial score (nSPS) is 24.6. The summed E-state index contributed by atoms with van der Waals surface area (Å²) in [6, 6.07) is 0. The number of aliphatic hydroxyl groups excluding tert-OH is 1. The molecular formula is C41H76O9Si2. The van der Waals surface area contributed by atoms with E-state index in [-0.39, 0.29) is 65.9 Å². The molecule has 2 aliphatic rings. The van der Waals surface area contributed by atoms with E-state index in [1.165, 1.54) is 0 Å². The molecule has 2 aliphatic heterocycles. The molecule has 0 aliphatic carbocycles. The first-order valence-corrected chi connectivity index (χ1v) is 24.9. The number of hydrogen-bond acceptors (Lipinski definition) is 9. The molecule has 0 aromatic rings. The monoisotopic (exact) mass is 769 g/mol. The summed E-state index contributed by atoms with van der Waals surface area (Å²) in [4.78, 5) is 12.1. The molecule has 11 heteroatoms. The lowest BCUT2D eigenvalue weighted by Gasteiger charge is -2.39. The van der Waals surface area contributed by atoms with Crippen LogP contribution in [0.4, 0.5) is 0 Å². The smallest absolute Gasteiger partial charge is 0.311 e. The molecule has 0 radical (unpaired) electrons. The third-order valence-electron chi connectivity index (χ3n) is 10.5. The number of carbonyl (C=O) groups is 1. The maximum atomic E-state index is 12.1. The summed E-state index contributed by atoms with van der Waals surface area (Å²) in [6.07, 6.45) is 14.6. The van der Waals surface area contributed by atoms with Crippen molar-refractivity contribution in [2.75, 3.05) is 13.2 Å². The van der Waals surface area contributed by atoms with Crippen LogP contribution in [0.1, 0.15) is 129 Å². The zero-order valence-electron chi connectivity index (χ0n) is 36.0. The van der Waals surface area contributed by atoms with Crippen LogP contribution in [-0.2, 0) is 37.3 Å². The van der Waals surface area contributed by atoms with E-state index < -0.39 is 33.6 Å². The van der Waals surface area contributed by atoms with E-state index in [4.69, 9.17) is 45.4 Å². The van der Waals surface area contributed by atoms with E-state index in [1.54, 1.807) is 0 Å². The molecule has 0 aromatic carbocycles. The number of carbonyl (C=O) groups excluding carboxylic acids is 1. The van der Waals surface area contributed by atoms with Gasteiger partial charge in [-0.3, -0.25) is 4.79 Å². The zero-order chi connectivity index (χ0) is 40.6. The molecule has 9 nitrogen and oxygen atoms in total. The van der Waals surface area contributed by atoms with Gasteiger partial charge in [-0.15, -0.1) is 24.7 Å². The minimum atomic E-state index is -1.92. The number of rotatable bonds is 15. The first-order chi connectivity index (χ1) is 23.4. The highest BCUT2D eigenvalue weighted by Crippen LogP contribution is 2.40. The van der Waals surface area contributed by atoms with Crippen molar-refractivity contribution in [3.05, 3.63) is 0 Å². The van der Waals surface area contributed by atoms with E-state index >= 15 is 0 Å². The number of aliphatic hydroxyl groups is 1. The minimum absolute atomic E-state index is 0.00835. The average Bonchev–Trinajstić information content (AvgIpc) is 3.44. The van der Waals surface area contributed by atoms with Crippen molar-refractivity contribution in [2.24, 2.45) is 5.41 Å². The van der Waals surface area contributed by atoms with Gasteiger partial charge in [-0.25, -0.2) is 0 Å². The van der Waals surface area contributed by atoms with Gasteiger partial charge in [-0.2, -0.15) is 0 Å². The highest BCUT2D eigenvalue weighted by molar-refractivity contribution is 6.74. The van der Waals surface area contributed by atoms with E-state index in [0.717, 1.165) is 25.7 Å². The van der Waals surface area contributed by atoms with Gasteiger partial charge in [0.05, 0.1) is 36.4 Å². The lowest BCUT2D eigenvalue weighted by atomic mass is 9.97. The van der Waals surface area contributed by atoms with Gasteiger partial charge in [0, 0.05) is 12.8 Å². The Bertz CT molecular complexity index is 1190. The van der Waals surface area contributed by atoms with Crippen molar-refractivity contribution >= 4 is 22.6 Å². The van der Waals surface area contributed by atoms with Gasteiger partial charge >= 0.3 is 5.97 Å².